The first-order valence-electron chi connectivity index (χ1n) is 7.44. The fraction of sp³-hybridized carbons (Fsp3) is 0.733. The van der Waals surface area contributed by atoms with E-state index >= 15 is 0 Å². The van der Waals surface area contributed by atoms with Crippen molar-refractivity contribution in [3.8, 4) is 0 Å². The zero-order valence-electron chi connectivity index (χ0n) is 13.1. The molecule has 0 saturated carbocycles. The quantitative estimate of drug-likeness (QED) is 0.730. The fourth-order valence-electron chi connectivity index (χ4n) is 2.52. The van der Waals surface area contributed by atoms with E-state index in [0.717, 1.165) is 37.3 Å². The Balaban J connectivity index is 2.62. The molecule has 0 aliphatic carbocycles. The van der Waals surface area contributed by atoms with Gasteiger partial charge in [-0.1, -0.05) is 13.8 Å². The Kier molecular flexibility index (Phi) is 6.20. The van der Waals surface area contributed by atoms with E-state index in [9.17, 15) is 9.90 Å². The third-order valence-corrected chi connectivity index (χ3v) is 3.80. The standard InChI is InChI=1S/C15H27N3O2/c1-5-9-16-15(6-2,14(19)20)8-7-10-18-13(4)11-12(3)17-18/h11,16H,5-10H2,1-4H3,(H,19,20). The van der Waals surface area contributed by atoms with Crippen LogP contribution < -0.4 is 5.32 Å². The van der Waals surface area contributed by atoms with E-state index in [1.165, 1.54) is 0 Å². The third-order valence-electron chi connectivity index (χ3n) is 3.80. The van der Waals surface area contributed by atoms with Gasteiger partial charge >= 0.3 is 5.97 Å². The Morgan fingerprint density at radius 1 is 1.45 bits per heavy atom. The van der Waals surface area contributed by atoms with Crippen LogP contribution in [0.2, 0.25) is 0 Å². The van der Waals surface area contributed by atoms with Gasteiger partial charge in [0.25, 0.3) is 0 Å². The van der Waals surface area contributed by atoms with Crippen LogP contribution in [0.3, 0.4) is 0 Å². The molecule has 1 aromatic heterocycles. The van der Waals surface area contributed by atoms with Gasteiger partial charge < -0.3 is 10.4 Å². The molecule has 1 unspecified atom stereocenters. The summed E-state index contributed by atoms with van der Waals surface area (Å²) in [6, 6.07) is 2.04. The van der Waals surface area contributed by atoms with Crippen molar-refractivity contribution >= 4 is 5.97 Å². The first-order valence-corrected chi connectivity index (χ1v) is 7.44. The minimum absolute atomic E-state index is 0.597. The molecule has 0 aliphatic rings. The number of aliphatic carboxylic acids is 1. The number of hydrogen-bond acceptors (Lipinski definition) is 3. The van der Waals surface area contributed by atoms with Crippen LogP contribution in [0, 0.1) is 13.8 Å². The van der Waals surface area contributed by atoms with Crippen molar-refractivity contribution in [3.63, 3.8) is 0 Å². The number of hydrogen-bond donors (Lipinski definition) is 2. The summed E-state index contributed by atoms with van der Waals surface area (Å²) in [5.74, 6) is -0.748. The van der Waals surface area contributed by atoms with Gasteiger partial charge in [-0.25, -0.2) is 0 Å². The van der Waals surface area contributed by atoms with E-state index in [1.54, 1.807) is 0 Å². The first-order chi connectivity index (χ1) is 9.45. The van der Waals surface area contributed by atoms with E-state index < -0.39 is 11.5 Å². The zero-order valence-corrected chi connectivity index (χ0v) is 13.1. The SMILES string of the molecule is CCCNC(CC)(CCCn1nc(C)cc1C)C(=O)O. The van der Waals surface area contributed by atoms with Crippen LogP contribution in [0.1, 0.15) is 50.9 Å². The Bertz CT molecular complexity index is 442. The molecule has 0 aromatic carbocycles. The molecule has 1 atom stereocenters. The molecule has 0 aliphatic heterocycles. The summed E-state index contributed by atoms with van der Waals surface area (Å²) in [4.78, 5) is 11.6. The molecule has 5 heteroatoms. The molecule has 0 spiro atoms. The molecule has 0 saturated heterocycles. The number of rotatable bonds is 9. The van der Waals surface area contributed by atoms with Crippen LogP contribution in [0.5, 0.6) is 0 Å². The molecule has 1 aromatic rings. The van der Waals surface area contributed by atoms with Crippen LogP contribution in [-0.4, -0.2) is 32.9 Å². The van der Waals surface area contributed by atoms with Gasteiger partial charge in [-0.3, -0.25) is 9.48 Å². The number of carbonyl (C=O) groups is 1. The molecular weight excluding hydrogens is 254 g/mol. The number of nitrogens with zero attached hydrogens (tertiary/aromatic N) is 2. The number of carboxylic acid groups (broad SMARTS) is 1. The van der Waals surface area contributed by atoms with Gasteiger partial charge in [0, 0.05) is 12.2 Å². The van der Waals surface area contributed by atoms with Gasteiger partial charge in [0.1, 0.15) is 5.54 Å². The highest BCUT2D eigenvalue weighted by molar-refractivity contribution is 5.78. The van der Waals surface area contributed by atoms with E-state index in [0.29, 0.717) is 12.8 Å². The lowest BCUT2D eigenvalue weighted by Crippen LogP contribution is -2.52. The fourth-order valence-corrected chi connectivity index (χ4v) is 2.52. The molecule has 2 N–H and O–H groups in total. The predicted molar refractivity (Wildman–Crippen MR) is 79.9 cm³/mol. The molecule has 5 nitrogen and oxygen atoms in total. The summed E-state index contributed by atoms with van der Waals surface area (Å²) in [5, 5.41) is 17.1. The van der Waals surface area contributed by atoms with Crippen LogP contribution >= 0.6 is 0 Å². The van der Waals surface area contributed by atoms with Crippen molar-refractivity contribution in [1.82, 2.24) is 15.1 Å². The molecule has 114 valence electrons. The average Bonchev–Trinajstić information content (AvgIpc) is 2.72. The van der Waals surface area contributed by atoms with E-state index in [-0.39, 0.29) is 0 Å². The maximum Gasteiger partial charge on any atom is 0.323 e. The van der Waals surface area contributed by atoms with Gasteiger partial charge in [0.05, 0.1) is 5.69 Å². The molecular formula is C15H27N3O2. The third kappa shape index (κ3) is 4.07. The van der Waals surface area contributed by atoms with Gasteiger partial charge in [0.2, 0.25) is 0 Å². The predicted octanol–water partition coefficient (Wildman–Crippen LogP) is 2.51. The summed E-state index contributed by atoms with van der Waals surface area (Å²) >= 11 is 0. The highest BCUT2D eigenvalue weighted by Gasteiger charge is 2.35. The normalized spacial score (nSPS) is 14.2. The molecule has 0 fully saturated rings. The number of aryl methyl sites for hydroxylation is 3. The molecule has 0 radical (unpaired) electrons. The summed E-state index contributed by atoms with van der Waals surface area (Å²) in [6.45, 7) is 9.48. The Morgan fingerprint density at radius 2 is 2.15 bits per heavy atom. The molecule has 20 heavy (non-hydrogen) atoms. The second-order valence-corrected chi connectivity index (χ2v) is 5.42. The van der Waals surface area contributed by atoms with Crippen LogP contribution in [0.25, 0.3) is 0 Å². The Hall–Kier alpha value is -1.36. The lowest BCUT2D eigenvalue weighted by atomic mass is 9.90. The lowest BCUT2D eigenvalue weighted by Gasteiger charge is -2.29. The minimum atomic E-state index is -0.799. The zero-order chi connectivity index (χ0) is 15.2. The van der Waals surface area contributed by atoms with Crippen molar-refractivity contribution in [2.45, 2.75) is 65.5 Å². The summed E-state index contributed by atoms with van der Waals surface area (Å²) < 4.78 is 1.96. The van der Waals surface area contributed by atoms with Gasteiger partial charge in [-0.15, -0.1) is 0 Å². The van der Waals surface area contributed by atoms with Crippen LogP contribution in [0.4, 0.5) is 0 Å². The van der Waals surface area contributed by atoms with Crippen molar-refractivity contribution in [3.05, 3.63) is 17.5 Å². The molecule has 0 amide bonds. The number of nitrogens with one attached hydrogen (secondary N) is 1. The number of carboxylic acids is 1. The van der Waals surface area contributed by atoms with Gasteiger partial charge in [0.15, 0.2) is 0 Å². The van der Waals surface area contributed by atoms with E-state index in [1.807, 2.05) is 38.4 Å². The second kappa shape index (κ2) is 7.43. The van der Waals surface area contributed by atoms with Crippen LogP contribution in [0.15, 0.2) is 6.07 Å². The maximum absolute atomic E-state index is 11.6. The van der Waals surface area contributed by atoms with Crippen LogP contribution in [-0.2, 0) is 11.3 Å². The summed E-state index contributed by atoms with van der Waals surface area (Å²) in [7, 11) is 0. The Labute approximate surface area is 121 Å². The highest BCUT2D eigenvalue weighted by Crippen LogP contribution is 2.19. The van der Waals surface area contributed by atoms with Crippen molar-refractivity contribution < 1.29 is 9.90 Å². The number of aromatic nitrogens is 2. The van der Waals surface area contributed by atoms with Crippen molar-refractivity contribution in [1.29, 1.82) is 0 Å². The topological polar surface area (TPSA) is 67.2 Å². The molecule has 1 heterocycles. The highest BCUT2D eigenvalue weighted by atomic mass is 16.4. The van der Waals surface area contributed by atoms with Crippen molar-refractivity contribution in [2.24, 2.45) is 0 Å². The largest absolute Gasteiger partial charge is 0.480 e. The van der Waals surface area contributed by atoms with Gasteiger partial charge in [-0.2, -0.15) is 5.10 Å². The average molecular weight is 281 g/mol. The smallest absolute Gasteiger partial charge is 0.323 e. The molecule has 1 rings (SSSR count). The molecule has 0 bridgehead atoms. The first kappa shape index (κ1) is 16.7. The second-order valence-electron chi connectivity index (χ2n) is 5.42. The van der Waals surface area contributed by atoms with Crippen molar-refractivity contribution in [2.75, 3.05) is 6.54 Å². The lowest BCUT2D eigenvalue weighted by molar-refractivity contribution is -0.145. The summed E-state index contributed by atoms with van der Waals surface area (Å²) in [6.07, 6.45) is 2.96. The monoisotopic (exact) mass is 281 g/mol. The minimum Gasteiger partial charge on any atom is -0.480 e. The van der Waals surface area contributed by atoms with E-state index in [2.05, 4.69) is 10.4 Å². The summed E-state index contributed by atoms with van der Waals surface area (Å²) in [5.41, 5.74) is 1.33. The Morgan fingerprint density at radius 3 is 2.60 bits per heavy atom. The van der Waals surface area contributed by atoms with E-state index in [4.69, 9.17) is 0 Å². The maximum atomic E-state index is 11.6. The van der Waals surface area contributed by atoms with Gasteiger partial charge in [-0.05, 0) is 52.1 Å².